The maximum absolute atomic E-state index is 11.3. The Morgan fingerprint density at radius 2 is 0.758 bits per heavy atom. The maximum atomic E-state index is 11.3. The molecule has 6 aromatic carbocycles. The minimum Gasteiger partial charge on any atom is -0.366 e. The van der Waals surface area contributed by atoms with Crippen molar-refractivity contribution in [1.82, 2.24) is 15.5 Å². The van der Waals surface area contributed by atoms with Crippen molar-refractivity contribution in [2.24, 2.45) is 5.73 Å². The number of amides is 1. The van der Waals surface area contributed by atoms with Crippen molar-refractivity contribution in [2.75, 3.05) is 0 Å². The van der Waals surface area contributed by atoms with Crippen LogP contribution in [0.25, 0.3) is 67.7 Å². The van der Waals surface area contributed by atoms with Gasteiger partial charge in [-0.25, -0.2) is 0 Å². The lowest BCUT2D eigenvalue weighted by molar-refractivity contribution is 0.0995. The monoisotopic (exact) mass is 882 g/mol. The van der Waals surface area contributed by atoms with Crippen molar-refractivity contribution < 1.29 is 28.0 Å². The first-order valence-corrected chi connectivity index (χ1v) is 20.2. The molecule has 0 radical (unpaired) electrons. The van der Waals surface area contributed by atoms with Crippen molar-refractivity contribution in [1.29, 1.82) is 0 Å². The summed E-state index contributed by atoms with van der Waals surface area (Å²) in [7, 11) is 0. The fourth-order valence-corrected chi connectivity index (χ4v) is 6.40. The van der Waals surface area contributed by atoms with E-state index in [9.17, 15) is 14.4 Å². The highest BCUT2D eigenvalue weighted by Crippen LogP contribution is 2.29. The molecule has 11 heteroatoms. The summed E-state index contributed by atoms with van der Waals surface area (Å²) in [5, 5.41) is 12.2. The number of hydrogen-bond acceptors (Lipinski definition) is 9. The minimum absolute atomic E-state index is 0.0530. The summed E-state index contributed by atoms with van der Waals surface area (Å²) in [6, 6.07) is 53.0. The van der Waals surface area contributed by atoms with E-state index in [2.05, 4.69) is 31.4 Å². The first-order chi connectivity index (χ1) is 30.0. The summed E-state index contributed by atoms with van der Waals surface area (Å²) >= 11 is 3.40. The standard InChI is InChI=1S/C18H15NO2.C17H12BrNO2.C16H12N2O2/c1-12-3-5-16(6-4-12)18-11-17(19-21-18)15-9-7-14(8-10-15)13(2)20;1-11(20)12-2-4-13(5-3-12)16-10-17(21-19-16)14-6-8-15(18)9-7-14;17-16(19)13-8-6-11(7-9-13)14-10-15(20-18-14)12-4-2-1-3-5-12/h3-11H,1-2H3;2-10H,1H3;1-10H,(H2,17,19). The summed E-state index contributed by atoms with van der Waals surface area (Å²) < 4.78 is 17.2. The lowest BCUT2D eigenvalue weighted by atomic mass is 10.1. The van der Waals surface area contributed by atoms with Crippen molar-refractivity contribution in [3.63, 3.8) is 0 Å². The number of carbonyl (C=O) groups excluding carboxylic acids is 3. The molecule has 9 aromatic rings. The zero-order chi connectivity index (χ0) is 43.6. The van der Waals surface area contributed by atoms with Gasteiger partial charge in [-0.3, -0.25) is 14.4 Å². The van der Waals surface area contributed by atoms with Crippen LogP contribution in [0.4, 0.5) is 0 Å². The topological polar surface area (TPSA) is 155 Å². The molecular weight excluding hydrogens is 844 g/mol. The average Bonchev–Trinajstić information content (AvgIpc) is 4.11. The van der Waals surface area contributed by atoms with E-state index in [4.69, 9.17) is 19.3 Å². The molecule has 0 aliphatic carbocycles. The summed E-state index contributed by atoms with van der Waals surface area (Å²) in [4.78, 5) is 33.6. The molecule has 0 spiro atoms. The molecule has 0 saturated carbocycles. The largest absolute Gasteiger partial charge is 0.366 e. The van der Waals surface area contributed by atoms with E-state index in [1.165, 1.54) is 5.56 Å². The third-order valence-electron chi connectivity index (χ3n) is 9.69. The number of benzene rings is 6. The van der Waals surface area contributed by atoms with Crippen molar-refractivity contribution in [2.45, 2.75) is 20.8 Å². The van der Waals surface area contributed by atoms with Gasteiger partial charge < -0.3 is 19.3 Å². The molecular formula is C51H39BrN4O6. The normalized spacial score (nSPS) is 10.5. The fraction of sp³-hybridized carbons (Fsp3) is 0.0588. The lowest BCUT2D eigenvalue weighted by Crippen LogP contribution is -2.10. The van der Waals surface area contributed by atoms with Crippen LogP contribution in [0.2, 0.25) is 0 Å². The van der Waals surface area contributed by atoms with Crippen LogP contribution in [0.3, 0.4) is 0 Å². The van der Waals surface area contributed by atoms with E-state index < -0.39 is 5.91 Å². The highest BCUT2D eigenvalue weighted by atomic mass is 79.9. The average molecular weight is 884 g/mol. The van der Waals surface area contributed by atoms with Gasteiger partial charge in [-0.2, -0.15) is 0 Å². The first-order valence-electron chi connectivity index (χ1n) is 19.4. The van der Waals surface area contributed by atoms with Crippen LogP contribution >= 0.6 is 15.9 Å². The third-order valence-corrected chi connectivity index (χ3v) is 10.2. The van der Waals surface area contributed by atoms with E-state index in [1.807, 2.05) is 128 Å². The minimum atomic E-state index is -0.443. The van der Waals surface area contributed by atoms with E-state index in [1.54, 1.807) is 62.4 Å². The number of halogens is 1. The van der Waals surface area contributed by atoms with Crippen LogP contribution in [0.5, 0.6) is 0 Å². The molecule has 10 nitrogen and oxygen atoms in total. The Labute approximate surface area is 366 Å². The van der Waals surface area contributed by atoms with Crippen LogP contribution in [0, 0.1) is 6.92 Å². The van der Waals surface area contributed by atoms with Crippen LogP contribution in [0.1, 0.15) is 50.5 Å². The van der Waals surface area contributed by atoms with Crippen LogP contribution in [-0.4, -0.2) is 32.9 Å². The predicted octanol–water partition coefficient (Wildman–Crippen LogP) is 12.6. The molecule has 306 valence electrons. The summed E-state index contributed by atoms with van der Waals surface area (Å²) in [5.74, 6) is 1.83. The number of ketones is 2. The zero-order valence-electron chi connectivity index (χ0n) is 33.9. The number of nitrogens with two attached hydrogens (primary N) is 1. The molecule has 1 amide bonds. The van der Waals surface area contributed by atoms with Gasteiger partial charge >= 0.3 is 0 Å². The van der Waals surface area contributed by atoms with Crippen molar-refractivity contribution in [3.8, 4) is 67.7 Å². The quantitative estimate of drug-likeness (QED) is 0.139. The van der Waals surface area contributed by atoms with Gasteiger partial charge in [0, 0.05) is 72.7 Å². The molecule has 0 bridgehead atoms. The zero-order valence-corrected chi connectivity index (χ0v) is 35.5. The lowest BCUT2D eigenvalue weighted by Gasteiger charge is -1.97. The molecule has 2 N–H and O–H groups in total. The second kappa shape index (κ2) is 19.5. The van der Waals surface area contributed by atoms with Crippen LogP contribution in [0.15, 0.2) is 188 Å². The molecule has 3 aromatic heterocycles. The highest BCUT2D eigenvalue weighted by molar-refractivity contribution is 9.10. The number of aromatic nitrogens is 3. The molecule has 62 heavy (non-hydrogen) atoms. The Morgan fingerprint density at radius 3 is 1.11 bits per heavy atom. The number of primary amides is 1. The second-order valence-electron chi connectivity index (χ2n) is 14.2. The third kappa shape index (κ3) is 10.7. The van der Waals surface area contributed by atoms with Gasteiger partial charge in [-0.15, -0.1) is 0 Å². The van der Waals surface area contributed by atoms with Crippen molar-refractivity contribution >= 4 is 33.4 Å². The highest BCUT2D eigenvalue weighted by Gasteiger charge is 2.12. The molecule has 9 rings (SSSR count). The van der Waals surface area contributed by atoms with Gasteiger partial charge in [0.05, 0.1) is 0 Å². The summed E-state index contributed by atoms with van der Waals surface area (Å²) in [6.07, 6.45) is 0. The first kappa shape index (κ1) is 42.4. The van der Waals surface area contributed by atoms with Gasteiger partial charge in [-0.05, 0) is 45.0 Å². The Bertz CT molecular complexity index is 2780. The van der Waals surface area contributed by atoms with Crippen LogP contribution < -0.4 is 5.73 Å². The van der Waals surface area contributed by atoms with Crippen molar-refractivity contribution in [3.05, 3.63) is 197 Å². The Hall–Kier alpha value is -7.76. The SMILES string of the molecule is CC(=O)c1ccc(-c2cc(-c3ccc(Br)cc3)on2)cc1.CC(=O)c1ccc(-c2cc(-c3ccc(C)cc3)on2)cc1.NC(=O)c1ccc(-c2cc(-c3ccccc3)on2)cc1. The van der Waals surface area contributed by atoms with Gasteiger partial charge in [0.15, 0.2) is 28.8 Å². The molecule has 0 aliphatic rings. The molecule has 0 saturated heterocycles. The van der Waals surface area contributed by atoms with E-state index >= 15 is 0 Å². The number of carbonyl (C=O) groups is 3. The second-order valence-corrected chi connectivity index (χ2v) is 15.1. The Balaban J connectivity index is 0.000000140. The predicted molar refractivity (Wildman–Crippen MR) is 243 cm³/mol. The van der Waals surface area contributed by atoms with E-state index in [0.717, 1.165) is 60.7 Å². The Morgan fingerprint density at radius 1 is 0.435 bits per heavy atom. The molecule has 0 unspecified atom stereocenters. The summed E-state index contributed by atoms with van der Waals surface area (Å²) in [5.41, 5.74) is 16.2. The van der Waals surface area contributed by atoms with Gasteiger partial charge in [0.25, 0.3) is 0 Å². The fourth-order valence-electron chi connectivity index (χ4n) is 6.13. The van der Waals surface area contributed by atoms with E-state index in [-0.39, 0.29) is 11.6 Å². The van der Waals surface area contributed by atoms with Gasteiger partial charge in [-0.1, -0.05) is 164 Å². The van der Waals surface area contributed by atoms with Crippen LogP contribution in [-0.2, 0) is 0 Å². The number of hydrogen-bond donors (Lipinski definition) is 1. The number of nitrogens with zero attached hydrogens (tertiary/aromatic N) is 3. The molecule has 0 atom stereocenters. The maximum Gasteiger partial charge on any atom is 0.248 e. The van der Waals surface area contributed by atoms with Gasteiger partial charge in [0.2, 0.25) is 5.91 Å². The molecule has 3 heterocycles. The number of aryl methyl sites for hydroxylation is 1. The van der Waals surface area contributed by atoms with Gasteiger partial charge in [0.1, 0.15) is 17.1 Å². The molecule has 0 aliphatic heterocycles. The number of Topliss-reactive ketones (excluding diaryl/α,β-unsaturated/α-hetero) is 2. The Kier molecular flexibility index (Phi) is 13.3. The number of rotatable bonds is 9. The smallest absolute Gasteiger partial charge is 0.248 e. The molecule has 0 fully saturated rings. The summed E-state index contributed by atoms with van der Waals surface area (Å²) in [6.45, 7) is 5.16. The van der Waals surface area contributed by atoms with E-state index in [0.29, 0.717) is 28.2 Å².